The van der Waals surface area contributed by atoms with Gasteiger partial charge in [0.25, 0.3) is 23.6 Å². The summed E-state index contributed by atoms with van der Waals surface area (Å²) in [5.41, 5.74) is 10.9. The maximum Gasteiger partial charge on any atom is 0.268 e. The number of rotatable bonds is 7. The van der Waals surface area contributed by atoms with Gasteiger partial charge in [0.1, 0.15) is 23.0 Å². The fraction of sp³-hybridized carbons (Fsp3) is 0.106. The van der Waals surface area contributed by atoms with E-state index in [9.17, 15) is 24.0 Å². The smallest absolute Gasteiger partial charge is 0.268 e. The maximum atomic E-state index is 12.5. The van der Waals surface area contributed by atoms with Crippen molar-refractivity contribution in [2.45, 2.75) is 19.3 Å². The Kier molecular flexibility index (Phi) is 14.8. The summed E-state index contributed by atoms with van der Waals surface area (Å²) in [4.78, 5) is 83.3. The van der Waals surface area contributed by atoms with Crippen LogP contribution in [0.4, 0.5) is 23.0 Å². The van der Waals surface area contributed by atoms with Crippen molar-refractivity contribution in [2.24, 2.45) is 10.9 Å². The molecule has 66 heavy (non-hydrogen) atoms. The fourth-order valence-corrected chi connectivity index (χ4v) is 6.93. The number of hydrogen-bond acceptors (Lipinski definition) is 13. The molecule has 19 nitrogen and oxygen atoms in total. The zero-order chi connectivity index (χ0) is 46.3. The Labute approximate surface area is 377 Å². The number of hydrazone groups is 1. The third kappa shape index (κ3) is 11.3. The van der Waals surface area contributed by atoms with Gasteiger partial charge in [0.2, 0.25) is 0 Å². The van der Waals surface area contributed by atoms with Crippen LogP contribution in [0.5, 0.6) is 0 Å². The molecule has 0 atom stereocenters. The van der Waals surface area contributed by atoms with Crippen molar-refractivity contribution in [1.29, 1.82) is 0 Å². The highest BCUT2D eigenvalue weighted by atomic mass is 16.2. The summed E-state index contributed by atoms with van der Waals surface area (Å²) in [5, 5.41) is 16.1. The van der Waals surface area contributed by atoms with E-state index < -0.39 is 0 Å². The van der Waals surface area contributed by atoms with E-state index >= 15 is 0 Å². The number of nitrogens with two attached hydrogens (primary N) is 1. The Balaban J connectivity index is 0.000000146. The second-order valence-corrected chi connectivity index (χ2v) is 14.4. The quantitative estimate of drug-likeness (QED) is 0.0499. The van der Waals surface area contributed by atoms with Gasteiger partial charge in [-0.3, -0.25) is 39.4 Å². The normalized spacial score (nSPS) is 12.5. The number of carbonyl (C=O) groups excluding carboxylic acids is 5. The van der Waals surface area contributed by atoms with E-state index in [0.29, 0.717) is 69.4 Å². The fourth-order valence-electron chi connectivity index (χ4n) is 6.93. The molecule has 332 valence electrons. The Morgan fingerprint density at radius 3 is 1.77 bits per heavy atom. The van der Waals surface area contributed by atoms with Gasteiger partial charge in [-0.15, -0.1) is 0 Å². The Hall–Kier alpha value is -9.10. The summed E-state index contributed by atoms with van der Waals surface area (Å²) in [6.07, 6.45) is 11.7. The number of aromatic nitrogens is 6. The van der Waals surface area contributed by atoms with Gasteiger partial charge < -0.3 is 36.7 Å². The average Bonchev–Trinajstić information content (AvgIpc) is 3.82. The zero-order valence-corrected chi connectivity index (χ0v) is 35.3. The molecule has 19 heteroatoms. The number of nitrogens with zero attached hydrogens (tertiary/aromatic N) is 5. The van der Waals surface area contributed by atoms with Crippen LogP contribution in [0.1, 0.15) is 70.5 Å². The predicted molar refractivity (Wildman–Crippen MR) is 252 cm³/mol. The average molecular weight is 885 g/mol. The number of amides is 4. The summed E-state index contributed by atoms with van der Waals surface area (Å²) in [6.45, 7) is 4.23. The molecule has 10 N–H and O–H groups in total. The molecule has 0 fully saturated rings. The van der Waals surface area contributed by atoms with Crippen LogP contribution in [0, 0.1) is 0 Å². The second kappa shape index (κ2) is 21.8. The van der Waals surface area contributed by atoms with Gasteiger partial charge in [0.15, 0.2) is 5.78 Å². The minimum absolute atomic E-state index is 0.0833. The number of hydrogen-bond donors (Lipinski definition) is 9. The number of aromatic amines is 2. The van der Waals surface area contributed by atoms with Crippen LogP contribution in [0.2, 0.25) is 0 Å². The predicted octanol–water partition coefficient (Wildman–Crippen LogP) is 6.10. The molecule has 0 saturated carbocycles. The highest BCUT2D eigenvalue weighted by molar-refractivity contribution is 6.18. The zero-order valence-electron chi connectivity index (χ0n) is 35.3. The largest absolute Gasteiger partial charge is 0.351 e. The number of aryl methyl sites for hydroxylation is 1. The third-order valence-electron chi connectivity index (χ3n) is 10.00. The first-order valence-electron chi connectivity index (χ1n) is 20.6. The van der Waals surface area contributed by atoms with Gasteiger partial charge in [-0.05, 0) is 103 Å². The first-order chi connectivity index (χ1) is 32.2. The van der Waals surface area contributed by atoms with Crippen LogP contribution >= 0.6 is 0 Å². The molecule has 2 aliphatic heterocycles. The Bertz CT molecular complexity index is 2980. The van der Waals surface area contributed by atoms with Crippen LogP contribution in [0.3, 0.4) is 0 Å². The van der Waals surface area contributed by atoms with Crippen molar-refractivity contribution in [3.63, 3.8) is 0 Å². The van der Waals surface area contributed by atoms with Crippen LogP contribution in [0.25, 0.3) is 21.8 Å². The highest BCUT2D eigenvalue weighted by Gasteiger charge is 2.26. The summed E-state index contributed by atoms with van der Waals surface area (Å²) in [5.74, 6) is 5.42. The molecule has 2 aliphatic rings. The number of Topliss-reactive ketones (excluding diaryl/α,β-unsaturated/α-hetero) is 1. The lowest BCUT2D eigenvalue weighted by Gasteiger charge is -2.05. The van der Waals surface area contributed by atoms with E-state index in [1.807, 2.05) is 42.5 Å². The second-order valence-electron chi connectivity index (χ2n) is 14.4. The molecule has 0 spiro atoms. The van der Waals surface area contributed by atoms with E-state index in [4.69, 9.17) is 5.84 Å². The van der Waals surface area contributed by atoms with E-state index in [1.54, 1.807) is 91.8 Å². The molecule has 8 aromatic rings. The lowest BCUT2D eigenvalue weighted by atomic mass is 10.0. The Morgan fingerprint density at radius 1 is 0.636 bits per heavy atom. The van der Waals surface area contributed by atoms with E-state index in [1.165, 1.54) is 0 Å². The van der Waals surface area contributed by atoms with Crippen molar-refractivity contribution in [2.75, 3.05) is 34.6 Å². The molecular formula is C47H44N14O5. The van der Waals surface area contributed by atoms with Gasteiger partial charge in [-0.2, -0.15) is 5.10 Å². The molecule has 0 saturated heterocycles. The van der Waals surface area contributed by atoms with E-state index in [2.05, 4.69) is 73.8 Å². The number of anilines is 4. The molecular weight excluding hydrogens is 841 g/mol. The number of nitrogens with one attached hydrogen (secondary N) is 8. The van der Waals surface area contributed by atoms with Crippen molar-refractivity contribution in [3.8, 4) is 0 Å². The molecule has 0 unspecified atom stereocenters. The molecule has 0 aliphatic carbocycles. The number of hydrazine groups is 1. The van der Waals surface area contributed by atoms with E-state index in [0.717, 1.165) is 29.3 Å². The van der Waals surface area contributed by atoms with Crippen LogP contribution in [-0.4, -0.2) is 79.1 Å². The number of ketones is 1. The maximum absolute atomic E-state index is 12.5. The van der Waals surface area contributed by atoms with Crippen LogP contribution in [0.15, 0.2) is 139 Å². The van der Waals surface area contributed by atoms with Crippen molar-refractivity contribution >= 4 is 80.9 Å². The molecule has 10 rings (SSSR count). The summed E-state index contributed by atoms with van der Waals surface area (Å²) < 4.78 is 0. The van der Waals surface area contributed by atoms with Gasteiger partial charge in [0.05, 0.1) is 29.3 Å². The first-order valence-corrected chi connectivity index (χ1v) is 20.6. The van der Waals surface area contributed by atoms with Crippen molar-refractivity contribution in [3.05, 3.63) is 168 Å². The summed E-state index contributed by atoms with van der Waals surface area (Å²) in [6, 6.07) is 28.4. The van der Waals surface area contributed by atoms with E-state index in [-0.39, 0.29) is 41.5 Å². The number of carbonyl (C=O) groups is 5. The molecule has 0 bridgehead atoms. The van der Waals surface area contributed by atoms with Gasteiger partial charge in [0, 0.05) is 83.9 Å². The van der Waals surface area contributed by atoms with Crippen LogP contribution in [-0.2, 0) is 6.42 Å². The number of pyridine rings is 4. The Morgan fingerprint density at radius 2 is 1.21 bits per heavy atom. The molecule has 6 aromatic heterocycles. The lowest BCUT2D eigenvalue weighted by molar-refractivity contribution is 0.0943. The highest BCUT2D eigenvalue weighted by Crippen LogP contribution is 2.28. The molecule has 2 aromatic carbocycles. The molecule has 0 radical (unpaired) electrons. The monoisotopic (exact) mass is 884 g/mol. The minimum Gasteiger partial charge on any atom is -0.351 e. The number of fused-ring (bicyclic) bond motifs is 6. The standard InChI is InChI=1S/C18H14N4O3.C18H16N4O2.C6H7N3.C5H7N3/c23-14-5-7-20-18(25)16-15(14)12-8-10(3-4-13(12)22-16)17(24)21-11-2-1-6-19-9-11;23-17(21-12-3-1-7-19-10-12)11-5-6-15-14(9-11)13-4-2-8-20-18(24)16(13)22-15;1-7-9-6-4-2-3-5-8-6;6-8-5-3-1-2-4-7-5/h1-4,6,8-9,22H,5,7H2,(H,20,25)(H,21,24);1,3,5-7,9-10,22H,2,4,8H2,(H,20,24)(H,21,23);2-5H,1H2,(H,8,9);1-4H,6H2,(H,7,8). The van der Waals surface area contributed by atoms with Gasteiger partial charge in [-0.25, -0.2) is 15.8 Å². The number of benzene rings is 2. The molecule has 4 amide bonds. The number of H-pyrrole nitrogens is 2. The SMILES string of the molecule is C=NNc1ccccn1.NNc1ccccn1.O=C(Nc1cccnc1)c1ccc2[nH]c3c(c2c1)C(=O)CCNC3=O.O=C(Nc1cccnc1)c1ccc2[nH]c3c(c2c1)CCCNC3=O. The summed E-state index contributed by atoms with van der Waals surface area (Å²) >= 11 is 0. The first kappa shape index (κ1) is 44.9. The minimum atomic E-state index is -0.310. The molecule has 8 heterocycles. The third-order valence-corrected chi connectivity index (χ3v) is 10.00. The summed E-state index contributed by atoms with van der Waals surface area (Å²) in [7, 11) is 0. The van der Waals surface area contributed by atoms with Crippen LogP contribution < -0.4 is 38.0 Å². The van der Waals surface area contributed by atoms with Gasteiger partial charge >= 0.3 is 0 Å². The van der Waals surface area contributed by atoms with Crippen molar-refractivity contribution < 1.29 is 24.0 Å². The topological polar surface area (TPSA) is 279 Å². The lowest BCUT2D eigenvalue weighted by Crippen LogP contribution is -2.23. The number of nitrogen functional groups attached to an aromatic ring is 1. The van der Waals surface area contributed by atoms with Gasteiger partial charge in [-0.1, -0.05) is 12.1 Å². The van der Waals surface area contributed by atoms with Crippen molar-refractivity contribution in [1.82, 2.24) is 40.5 Å².